The Morgan fingerprint density at radius 1 is 1.00 bits per heavy atom. The Labute approximate surface area is 123 Å². The van der Waals surface area contributed by atoms with Gasteiger partial charge in [0.15, 0.2) is 0 Å². The first-order valence-corrected chi connectivity index (χ1v) is 8.29. The van der Waals surface area contributed by atoms with Gasteiger partial charge in [-0.2, -0.15) is 0 Å². The minimum absolute atomic E-state index is 0.202. The van der Waals surface area contributed by atoms with Gasteiger partial charge in [-0.05, 0) is 44.4 Å². The van der Waals surface area contributed by atoms with E-state index in [0.717, 1.165) is 45.1 Å². The highest BCUT2D eigenvalue weighted by Gasteiger charge is 2.32. The topological polar surface area (TPSA) is 55.6 Å². The molecule has 2 amide bonds. The number of nitrogens with zero attached hydrogens (tertiary/aromatic N) is 1. The van der Waals surface area contributed by atoms with E-state index in [1.165, 1.54) is 25.7 Å². The number of primary amides is 1. The molecule has 4 nitrogen and oxygen atoms in total. The van der Waals surface area contributed by atoms with Crippen molar-refractivity contribution in [3.8, 4) is 0 Å². The smallest absolute Gasteiger partial charge is 0.315 e. The van der Waals surface area contributed by atoms with Crippen molar-refractivity contribution in [2.45, 2.75) is 76.3 Å². The zero-order chi connectivity index (χ0) is 14.4. The van der Waals surface area contributed by atoms with Crippen molar-refractivity contribution >= 4 is 6.03 Å². The summed E-state index contributed by atoms with van der Waals surface area (Å²) in [4.78, 5) is 14.0. The average molecular weight is 282 g/mol. The fraction of sp³-hybridized carbons (Fsp3) is 0.938. The molecule has 0 bridgehead atoms. The van der Waals surface area contributed by atoms with Crippen molar-refractivity contribution in [2.75, 3.05) is 13.7 Å². The van der Waals surface area contributed by atoms with Gasteiger partial charge in [-0.3, -0.25) is 0 Å². The van der Waals surface area contributed by atoms with Gasteiger partial charge in [-0.1, -0.05) is 25.7 Å². The van der Waals surface area contributed by atoms with Crippen LogP contribution in [0.4, 0.5) is 4.79 Å². The van der Waals surface area contributed by atoms with E-state index in [0.29, 0.717) is 18.0 Å². The molecular formula is C16H30N2O2. The second-order valence-electron chi connectivity index (χ2n) is 6.52. The van der Waals surface area contributed by atoms with Crippen molar-refractivity contribution in [2.24, 2.45) is 11.7 Å². The summed E-state index contributed by atoms with van der Waals surface area (Å²) in [7, 11) is 1.77. The lowest BCUT2D eigenvalue weighted by Crippen LogP contribution is -2.51. The van der Waals surface area contributed by atoms with Gasteiger partial charge in [0.25, 0.3) is 0 Å². The van der Waals surface area contributed by atoms with Crippen molar-refractivity contribution in [1.82, 2.24) is 4.90 Å². The third-order valence-electron chi connectivity index (χ3n) is 5.08. The summed E-state index contributed by atoms with van der Waals surface area (Å²) in [6.07, 6.45) is 11.9. The van der Waals surface area contributed by atoms with E-state index in [9.17, 15) is 4.79 Å². The molecule has 20 heavy (non-hydrogen) atoms. The van der Waals surface area contributed by atoms with E-state index in [1.807, 2.05) is 4.90 Å². The summed E-state index contributed by atoms with van der Waals surface area (Å²) >= 11 is 0. The Bertz CT molecular complexity index is 293. The number of amides is 2. The maximum Gasteiger partial charge on any atom is 0.315 e. The van der Waals surface area contributed by atoms with Crippen LogP contribution in [0.5, 0.6) is 0 Å². The molecule has 2 saturated carbocycles. The molecular weight excluding hydrogens is 252 g/mol. The minimum Gasteiger partial charge on any atom is -0.384 e. The van der Waals surface area contributed by atoms with Crippen molar-refractivity contribution in [1.29, 1.82) is 0 Å². The summed E-state index contributed by atoms with van der Waals surface area (Å²) in [6, 6.07) is 0.551. The van der Waals surface area contributed by atoms with Crippen molar-refractivity contribution in [3.05, 3.63) is 0 Å². The monoisotopic (exact) mass is 282 g/mol. The Hall–Kier alpha value is -0.770. The molecule has 0 atom stereocenters. The normalized spacial score (nSPS) is 28.9. The van der Waals surface area contributed by atoms with E-state index < -0.39 is 0 Å². The third kappa shape index (κ3) is 4.11. The second-order valence-corrected chi connectivity index (χ2v) is 6.52. The Morgan fingerprint density at radius 2 is 1.55 bits per heavy atom. The lowest BCUT2D eigenvalue weighted by molar-refractivity contribution is 0.0824. The van der Waals surface area contributed by atoms with Crippen LogP contribution < -0.4 is 5.73 Å². The predicted octanol–water partition coefficient (Wildman–Crippen LogP) is 3.30. The molecule has 0 heterocycles. The molecule has 2 N–H and O–H groups in total. The van der Waals surface area contributed by atoms with Gasteiger partial charge in [0.2, 0.25) is 0 Å². The molecule has 0 aromatic carbocycles. The highest BCUT2D eigenvalue weighted by molar-refractivity contribution is 5.72. The molecule has 0 aromatic rings. The zero-order valence-electron chi connectivity index (χ0n) is 12.9. The van der Waals surface area contributed by atoms with Crippen LogP contribution in [0, 0.1) is 5.92 Å². The number of methoxy groups -OCH3 is 1. The standard InChI is InChI=1S/C16H30N2O2/c1-20-12-13-8-10-15(11-9-13)18(16(17)19)14-6-4-2-3-5-7-14/h13-15H,2-12H2,1H3,(H2,17,19). The van der Waals surface area contributed by atoms with Gasteiger partial charge < -0.3 is 15.4 Å². The largest absolute Gasteiger partial charge is 0.384 e. The molecule has 0 unspecified atom stereocenters. The Kier molecular flexibility index (Phi) is 6.14. The maximum absolute atomic E-state index is 11.9. The van der Waals surface area contributed by atoms with Crippen LogP contribution in [0.15, 0.2) is 0 Å². The summed E-state index contributed by atoms with van der Waals surface area (Å²) in [6.45, 7) is 0.854. The number of hydrogen-bond donors (Lipinski definition) is 1. The average Bonchev–Trinajstić information content (AvgIpc) is 2.70. The number of urea groups is 1. The molecule has 0 spiro atoms. The van der Waals surface area contributed by atoms with Crippen LogP contribution >= 0.6 is 0 Å². The molecule has 4 heteroatoms. The molecule has 0 radical (unpaired) electrons. The minimum atomic E-state index is -0.202. The molecule has 2 aliphatic carbocycles. The van der Waals surface area contributed by atoms with E-state index in [4.69, 9.17) is 10.5 Å². The second kappa shape index (κ2) is 7.87. The van der Waals surface area contributed by atoms with Gasteiger partial charge >= 0.3 is 6.03 Å². The Morgan fingerprint density at radius 3 is 2.05 bits per heavy atom. The summed E-state index contributed by atoms with van der Waals surface area (Å²) in [5, 5.41) is 0. The number of ether oxygens (including phenoxy) is 1. The van der Waals surface area contributed by atoms with Gasteiger partial charge in [0.05, 0.1) is 0 Å². The molecule has 116 valence electrons. The van der Waals surface area contributed by atoms with E-state index >= 15 is 0 Å². The number of carbonyl (C=O) groups is 1. The summed E-state index contributed by atoms with van der Waals surface area (Å²) in [5.74, 6) is 0.667. The first-order chi connectivity index (χ1) is 9.72. The summed E-state index contributed by atoms with van der Waals surface area (Å²) in [5.41, 5.74) is 5.71. The van der Waals surface area contributed by atoms with Crippen LogP contribution in [0.1, 0.15) is 64.2 Å². The van der Waals surface area contributed by atoms with Gasteiger partial charge in [0, 0.05) is 25.8 Å². The molecule has 2 rings (SSSR count). The quantitative estimate of drug-likeness (QED) is 0.804. The molecule has 0 aliphatic heterocycles. The molecule has 2 aliphatic rings. The number of nitrogens with two attached hydrogens (primary N) is 1. The zero-order valence-corrected chi connectivity index (χ0v) is 12.9. The van der Waals surface area contributed by atoms with Crippen LogP contribution in [-0.4, -0.2) is 36.7 Å². The molecule has 0 saturated heterocycles. The fourth-order valence-electron chi connectivity index (χ4n) is 4.02. The summed E-state index contributed by atoms with van der Waals surface area (Å²) < 4.78 is 5.25. The van der Waals surface area contributed by atoms with Crippen LogP contribution in [0.25, 0.3) is 0 Å². The van der Waals surface area contributed by atoms with Gasteiger partial charge in [-0.25, -0.2) is 4.79 Å². The lowest BCUT2D eigenvalue weighted by atomic mass is 9.85. The Balaban J connectivity index is 1.93. The number of carbonyl (C=O) groups excluding carboxylic acids is 1. The maximum atomic E-state index is 11.9. The number of hydrogen-bond acceptors (Lipinski definition) is 2. The van der Waals surface area contributed by atoms with Crippen LogP contribution in [0.2, 0.25) is 0 Å². The van der Waals surface area contributed by atoms with Gasteiger partial charge in [-0.15, -0.1) is 0 Å². The molecule has 2 fully saturated rings. The highest BCUT2D eigenvalue weighted by atomic mass is 16.5. The molecule has 0 aromatic heterocycles. The van der Waals surface area contributed by atoms with E-state index in [1.54, 1.807) is 7.11 Å². The van der Waals surface area contributed by atoms with E-state index in [2.05, 4.69) is 0 Å². The lowest BCUT2D eigenvalue weighted by Gasteiger charge is -2.40. The SMILES string of the molecule is COCC1CCC(N(C(N)=O)C2CCCCCC2)CC1. The van der Waals surface area contributed by atoms with Crippen molar-refractivity contribution < 1.29 is 9.53 Å². The third-order valence-corrected chi connectivity index (χ3v) is 5.08. The first-order valence-electron chi connectivity index (χ1n) is 8.29. The van der Waals surface area contributed by atoms with Crippen LogP contribution in [-0.2, 0) is 4.74 Å². The van der Waals surface area contributed by atoms with Gasteiger partial charge in [0.1, 0.15) is 0 Å². The highest BCUT2D eigenvalue weighted by Crippen LogP contribution is 2.32. The van der Waals surface area contributed by atoms with Crippen LogP contribution in [0.3, 0.4) is 0 Å². The number of rotatable bonds is 4. The first kappa shape index (κ1) is 15.6. The fourth-order valence-corrected chi connectivity index (χ4v) is 4.02. The van der Waals surface area contributed by atoms with Crippen molar-refractivity contribution in [3.63, 3.8) is 0 Å². The van der Waals surface area contributed by atoms with E-state index in [-0.39, 0.29) is 6.03 Å². The predicted molar refractivity (Wildman–Crippen MR) is 80.5 cm³/mol.